The SMILES string of the molecule is Cc1ccc(NC(=O)NCC2(CO)CCCC2)cc1. The summed E-state index contributed by atoms with van der Waals surface area (Å²) in [6.45, 7) is 2.70. The Bertz CT molecular complexity index is 422. The van der Waals surface area contributed by atoms with Gasteiger partial charge >= 0.3 is 6.03 Å². The molecule has 0 radical (unpaired) electrons. The van der Waals surface area contributed by atoms with Gasteiger partial charge in [-0.05, 0) is 31.9 Å². The van der Waals surface area contributed by atoms with Crippen LogP contribution in [0.4, 0.5) is 10.5 Å². The van der Waals surface area contributed by atoms with Gasteiger partial charge in [0.2, 0.25) is 0 Å². The largest absolute Gasteiger partial charge is 0.396 e. The van der Waals surface area contributed by atoms with E-state index in [1.165, 1.54) is 0 Å². The third kappa shape index (κ3) is 3.70. The average Bonchev–Trinajstić information content (AvgIpc) is 2.89. The van der Waals surface area contributed by atoms with Gasteiger partial charge in [0.25, 0.3) is 0 Å². The second-order valence-electron chi connectivity index (χ2n) is 5.54. The van der Waals surface area contributed by atoms with Gasteiger partial charge in [-0.25, -0.2) is 4.79 Å². The van der Waals surface area contributed by atoms with Crippen LogP contribution in [0.2, 0.25) is 0 Å². The van der Waals surface area contributed by atoms with Crippen LogP contribution in [0.5, 0.6) is 0 Å². The molecule has 1 aromatic rings. The summed E-state index contributed by atoms with van der Waals surface area (Å²) < 4.78 is 0. The highest BCUT2D eigenvalue weighted by Crippen LogP contribution is 2.36. The first-order chi connectivity index (χ1) is 9.13. The van der Waals surface area contributed by atoms with Crippen LogP contribution in [-0.4, -0.2) is 24.3 Å². The zero-order chi connectivity index (χ0) is 13.7. The van der Waals surface area contributed by atoms with Crippen molar-refractivity contribution in [3.8, 4) is 0 Å². The standard InChI is InChI=1S/C15H22N2O2/c1-12-4-6-13(7-5-12)17-14(19)16-10-15(11-18)8-2-3-9-15/h4-7,18H,2-3,8-11H2,1H3,(H2,16,17,19). The van der Waals surface area contributed by atoms with Crippen LogP contribution in [0, 0.1) is 12.3 Å². The summed E-state index contributed by atoms with van der Waals surface area (Å²) in [7, 11) is 0. The Morgan fingerprint density at radius 2 is 1.89 bits per heavy atom. The van der Waals surface area contributed by atoms with E-state index in [0.717, 1.165) is 36.9 Å². The summed E-state index contributed by atoms with van der Waals surface area (Å²) in [4.78, 5) is 11.8. The van der Waals surface area contributed by atoms with E-state index in [4.69, 9.17) is 0 Å². The molecule has 2 rings (SSSR count). The van der Waals surface area contributed by atoms with E-state index >= 15 is 0 Å². The summed E-state index contributed by atoms with van der Waals surface area (Å²) in [5, 5.41) is 15.2. The lowest BCUT2D eigenvalue weighted by molar-refractivity contribution is 0.130. The molecule has 1 aliphatic rings. The number of aryl methyl sites for hydroxylation is 1. The molecule has 104 valence electrons. The molecule has 0 unspecified atom stereocenters. The van der Waals surface area contributed by atoms with Gasteiger partial charge in [0.15, 0.2) is 0 Å². The second kappa shape index (κ2) is 6.06. The predicted octanol–water partition coefficient (Wildman–Crippen LogP) is 2.67. The molecule has 4 nitrogen and oxygen atoms in total. The van der Waals surface area contributed by atoms with Gasteiger partial charge in [-0.2, -0.15) is 0 Å². The third-order valence-corrected chi connectivity index (χ3v) is 3.93. The van der Waals surface area contributed by atoms with Crippen LogP contribution in [0.3, 0.4) is 0 Å². The van der Waals surface area contributed by atoms with E-state index in [1.54, 1.807) is 0 Å². The van der Waals surface area contributed by atoms with Gasteiger partial charge in [-0.15, -0.1) is 0 Å². The van der Waals surface area contributed by atoms with E-state index in [9.17, 15) is 9.90 Å². The van der Waals surface area contributed by atoms with Crippen molar-refractivity contribution in [3.05, 3.63) is 29.8 Å². The van der Waals surface area contributed by atoms with Crippen LogP contribution in [0.15, 0.2) is 24.3 Å². The normalized spacial score (nSPS) is 17.2. The zero-order valence-electron chi connectivity index (χ0n) is 11.4. The number of benzene rings is 1. The number of anilines is 1. The number of aliphatic hydroxyl groups is 1. The first-order valence-corrected chi connectivity index (χ1v) is 6.86. The Morgan fingerprint density at radius 1 is 1.26 bits per heavy atom. The molecule has 3 N–H and O–H groups in total. The fraction of sp³-hybridized carbons (Fsp3) is 0.533. The minimum absolute atomic E-state index is 0.107. The Hall–Kier alpha value is -1.55. The van der Waals surface area contributed by atoms with Crippen molar-refractivity contribution in [2.75, 3.05) is 18.5 Å². The molecule has 0 saturated heterocycles. The average molecular weight is 262 g/mol. The summed E-state index contributed by atoms with van der Waals surface area (Å²) in [6, 6.07) is 7.48. The van der Waals surface area contributed by atoms with Gasteiger partial charge in [0.1, 0.15) is 0 Å². The molecule has 0 atom stereocenters. The Labute approximate surface area is 114 Å². The summed E-state index contributed by atoms with van der Waals surface area (Å²) in [5.74, 6) is 0. The minimum atomic E-state index is -0.205. The van der Waals surface area contributed by atoms with Crippen LogP contribution in [-0.2, 0) is 0 Å². The van der Waals surface area contributed by atoms with Crippen LogP contribution >= 0.6 is 0 Å². The lowest BCUT2D eigenvalue weighted by atomic mass is 9.87. The lowest BCUT2D eigenvalue weighted by Gasteiger charge is -2.26. The molecule has 1 saturated carbocycles. The molecule has 19 heavy (non-hydrogen) atoms. The van der Waals surface area contributed by atoms with Crippen molar-refractivity contribution in [2.24, 2.45) is 5.41 Å². The van der Waals surface area contributed by atoms with E-state index < -0.39 is 0 Å². The monoisotopic (exact) mass is 262 g/mol. The smallest absolute Gasteiger partial charge is 0.319 e. The van der Waals surface area contributed by atoms with Gasteiger partial charge in [0.05, 0.1) is 6.61 Å². The zero-order valence-corrected chi connectivity index (χ0v) is 11.4. The molecular weight excluding hydrogens is 240 g/mol. The van der Waals surface area contributed by atoms with Crippen molar-refractivity contribution < 1.29 is 9.90 Å². The number of urea groups is 1. The highest BCUT2D eigenvalue weighted by atomic mass is 16.3. The number of aliphatic hydroxyl groups excluding tert-OH is 1. The van der Waals surface area contributed by atoms with Gasteiger partial charge in [-0.1, -0.05) is 30.5 Å². The minimum Gasteiger partial charge on any atom is -0.396 e. The number of carbonyl (C=O) groups excluding carboxylic acids is 1. The molecule has 1 aliphatic carbocycles. The number of carbonyl (C=O) groups is 1. The lowest BCUT2D eigenvalue weighted by Crippen LogP contribution is -2.40. The molecule has 0 spiro atoms. The Balaban J connectivity index is 1.82. The van der Waals surface area contributed by atoms with Crippen LogP contribution in [0.1, 0.15) is 31.2 Å². The maximum Gasteiger partial charge on any atom is 0.319 e. The Kier molecular flexibility index (Phi) is 4.43. The molecule has 2 amide bonds. The van der Waals surface area contributed by atoms with Crippen molar-refractivity contribution in [3.63, 3.8) is 0 Å². The Morgan fingerprint density at radius 3 is 2.47 bits per heavy atom. The summed E-state index contributed by atoms with van der Waals surface area (Å²) >= 11 is 0. The van der Waals surface area contributed by atoms with Gasteiger partial charge in [0, 0.05) is 17.6 Å². The van der Waals surface area contributed by atoms with Crippen molar-refractivity contribution in [2.45, 2.75) is 32.6 Å². The number of hydrogen-bond donors (Lipinski definition) is 3. The van der Waals surface area contributed by atoms with Crippen LogP contribution < -0.4 is 10.6 Å². The molecule has 0 bridgehead atoms. The maximum atomic E-state index is 11.8. The van der Waals surface area contributed by atoms with Gasteiger partial charge in [-0.3, -0.25) is 0 Å². The highest BCUT2D eigenvalue weighted by Gasteiger charge is 2.33. The maximum absolute atomic E-state index is 11.8. The molecule has 0 aliphatic heterocycles. The van der Waals surface area contributed by atoms with Crippen molar-refractivity contribution >= 4 is 11.7 Å². The number of amides is 2. The third-order valence-electron chi connectivity index (χ3n) is 3.93. The molecule has 0 aromatic heterocycles. The summed E-state index contributed by atoms with van der Waals surface area (Å²) in [5.41, 5.74) is 1.84. The van der Waals surface area contributed by atoms with E-state index in [1.807, 2.05) is 31.2 Å². The van der Waals surface area contributed by atoms with E-state index in [2.05, 4.69) is 10.6 Å². The molecular formula is C15H22N2O2. The topological polar surface area (TPSA) is 61.4 Å². The number of hydrogen-bond acceptors (Lipinski definition) is 2. The highest BCUT2D eigenvalue weighted by molar-refractivity contribution is 5.89. The first kappa shape index (κ1) is 13.9. The molecule has 4 heteroatoms. The molecule has 1 fully saturated rings. The van der Waals surface area contributed by atoms with Gasteiger partial charge < -0.3 is 15.7 Å². The fourth-order valence-corrected chi connectivity index (χ4v) is 2.60. The molecule has 1 aromatic carbocycles. The van der Waals surface area contributed by atoms with Crippen molar-refractivity contribution in [1.82, 2.24) is 5.32 Å². The molecule has 0 heterocycles. The fourth-order valence-electron chi connectivity index (χ4n) is 2.60. The first-order valence-electron chi connectivity index (χ1n) is 6.86. The quantitative estimate of drug-likeness (QED) is 0.781. The predicted molar refractivity (Wildman–Crippen MR) is 76.2 cm³/mol. The van der Waals surface area contributed by atoms with Crippen LogP contribution in [0.25, 0.3) is 0 Å². The second-order valence-corrected chi connectivity index (χ2v) is 5.54. The van der Waals surface area contributed by atoms with E-state index in [0.29, 0.717) is 6.54 Å². The number of nitrogens with one attached hydrogen (secondary N) is 2. The number of rotatable bonds is 4. The van der Waals surface area contributed by atoms with Crippen molar-refractivity contribution in [1.29, 1.82) is 0 Å². The summed E-state index contributed by atoms with van der Waals surface area (Å²) in [6.07, 6.45) is 4.27. The van der Waals surface area contributed by atoms with E-state index in [-0.39, 0.29) is 18.1 Å².